The molecular formula is C18H20BrN3O3S. The second-order valence-electron chi connectivity index (χ2n) is 5.12. The molecule has 1 heterocycles. The third kappa shape index (κ3) is 4.59. The Morgan fingerprint density at radius 3 is 2.65 bits per heavy atom. The van der Waals surface area contributed by atoms with E-state index in [4.69, 9.17) is 14.7 Å². The highest BCUT2D eigenvalue weighted by Crippen LogP contribution is 2.38. The van der Waals surface area contributed by atoms with Gasteiger partial charge in [0.1, 0.15) is 6.07 Å². The number of halogens is 1. The molecule has 0 radical (unpaired) electrons. The van der Waals surface area contributed by atoms with Crippen LogP contribution >= 0.6 is 27.7 Å². The number of hydrogen-bond acceptors (Lipinski definition) is 6. The fraction of sp³-hybridized carbons (Fsp3) is 0.389. The fourth-order valence-corrected chi connectivity index (χ4v) is 3.87. The molecule has 26 heavy (non-hydrogen) atoms. The maximum Gasteiger partial charge on any atom is 0.266 e. The summed E-state index contributed by atoms with van der Waals surface area (Å²) in [5.41, 5.74) is 0.794. The van der Waals surface area contributed by atoms with E-state index in [9.17, 15) is 4.79 Å². The molecule has 1 amide bonds. The monoisotopic (exact) mass is 437 g/mol. The number of carbonyl (C=O) groups is 1. The van der Waals surface area contributed by atoms with Crippen molar-refractivity contribution in [3.05, 3.63) is 27.1 Å². The van der Waals surface area contributed by atoms with Crippen LogP contribution in [0.5, 0.6) is 11.5 Å². The Bertz CT molecular complexity index is 787. The maximum absolute atomic E-state index is 12.6. The molecule has 0 N–H and O–H groups in total. The van der Waals surface area contributed by atoms with Crippen LogP contribution in [-0.2, 0) is 4.79 Å². The molecule has 1 aliphatic rings. The quantitative estimate of drug-likeness (QED) is 0.601. The summed E-state index contributed by atoms with van der Waals surface area (Å²) in [6, 6.07) is 5.49. The summed E-state index contributed by atoms with van der Waals surface area (Å²) in [7, 11) is 0. The zero-order valence-corrected chi connectivity index (χ0v) is 17.3. The van der Waals surface area contributed by atoms with Gasteiger partial charge in [-0.2, -0.15) is 5.26 Å². The van der Waals surface area contributed by atoms with Gasteiger partial charge in [0.25, 0.3) is 5.91 Å². The van der Waals surface area contributed by atoms with Crippen molar-refractivity contribution >= 4 is 44.8 Å². The number of nitriles is 1. The van der Waals surface area contributed by atoms with E-state index in [1.54, 1.807) is 17.0 Å². The topological polar surface area (TPSA) is 74.9 Å². The molecule has 0 saturated carbocycles. The maximum atomic E-state index is 12.6. The number of carbonyl (C=O) groups excluding carboxylic acids is 1. The van der Waals surface area contributed by atoms with Crippen LogP contribution in [0.1, 0.15) is 26.3 Å². The minimum absolute atomic E-state index is 0.0561. The van der Waals surface area contributed by atoms with Crippen LogP contribution < -0.4 is 9.47 Å². The van der Waals surface area contributed by atoms with E-state index >= 15 is 0 Å². The summed E-state index contributed by atoms with van der Waals surface area (Å²) in [6.45, 7) is 7.35. The summed E-state index contributed by atoms with van der Waals surface area (Å²) in [5.74, 6) is 0.957. The molecule has 0 bridgehead atoms. The highest BCUT2D eigenvalue weighted by molar-refractivity contribution is 9.10. The molecule has 1 aliphatic heterocycles. The zero-order chi connectivity index (χ0) is 19.1. The molecule has 1 aromatic rings. The third-order valence-electron chi connectivity index (χ3n) is 3.44. The SMILES string of the molecule is CCN=C1S/C(=C\c2cc(OCC)c(OCC#N)cc2Br)C(=O)N1CC. The van der Waals surface area contributed by atoms with Crippen molar-refractivity contribution in [2.24, 2.45) is 4.99 Å². The minimum Gasteiger partial charge on any atom is -0.490 e. The molecule has 138 valence electrons. The molecule has 2 rings (SSSR count). The second-order valence-corrected chi connectivity index (χ2v) is 6.98. The van der Waals surface area contributed by atoms with Gasteiger partial charge in [0.2, 0.25) is 0 Å². The zero-order valence-electron chi connectivity index (χ0n) is 14.9. The Kier molecular flexibility index (Phi) is 7.54. The first kappa shape index (κ1) is 20.3. The van der Waals surface area contributed by atoms with Crippen molar-refractivity contribution in [1.29, 1.82) is 5.26 Å². The number of thioether (sulfide) groups is 1. The van der Waals surface area contributed by atoms with Crippen LogP contribution in [0.25, 0.3) is 6.08 Å². The van der Waals surface area contributed by atoms with Gasteiger partial charge in [0, 0.05) is 17.6 Å². The number of benzene rings is 1. The lowest BCUT2D eigenvalue weighted by molar-refractivity contribution is -0.122. The number of ether oxygens (including phenoxy) is 2. The molecular weight excluding hydrogens is 418 g/mol. The van der Waals surface area contributed by atoms with E-state index in [-0.39, 0.29) is 12.5 Å². The van der Waals surface area contributed by atoms with Crippen LogP contribution in [0.15, 0.2) is 26.5 Å². The second kappa shape index (κ2) is 9.64. The molecule has 1 fully saturated rings. The van der Waals surface area contributed by atoms with Gasteiger partial charge in [-0.3, -0.25) is 14.7 Å². The van der Waals surface area contributed by atoms with E-state index in [0.29, 0.717) is 36.1 Å². The van der Waals surface area contributed by atoms with E-state index in [0.717, 1.165) is 15.2 Å². The predicted octanol–water partition coefficient (Wildman–Crippen LogP) is 4.06. The first-order valence-corrected chi connectivity index (χ1v) is 9.88. The molecule has 1 aromatic carbocycles. The first-order valence-electron chi connectivity index (χ1n) is 8.27. The summed E-state index contributed by atoms with van der Waals surface area (Å²) >= 11 is 4.87. The number of aliphatic imine (C=N–C) groups is 1. The molecule has 0 atom stereocenters. The molecule has 0 spiro atoms. The van der Waals surface area contributed by atoms with Crippen molar-refractivity contribution < 1.29 is 14.3 Å². The first-order chi connectivity index (χ1) is 12.5. The normalized spacial score (nSPS) is 17.0. The van der Waals surface area contributed by atoms with Gasteiger partial charge in [-0.1, -0.05) is 15.9 Å². The van der Waals surface area contributed by atoms with Crippen LogP contribution in [0.2, 0.25) is 0 Å². The van der Waals surface area contributed by atoms with Gasteiger partial charge in [0.15, 0.2) is 23.3 Å². The smallest absolute Gasteiger partial charge is 0.266 e. The molecule has 0 unspecified atom stereocenters. The van der Waals surface area contributed by atoms with Crippen molar-refractivity contribution in [3.63, 3.8) is 0 Å². The van der Waals surface area contributed by atoms with Gasteiger partial charge in [-0.15, -0.1) is 0 Å². The molecule has 8 heteroatoms. The third-order valence-corrected chi connectivity index (χ3v) is 5.17. The van der Waals surface area contributed by atoms with Crippen molar-refractivity contribution in [1.82, 2.24) is 4.90 Å². The van der Waals surface area contributed by atoms with Gasteiger partial charge < -0.3 is 9.47 Å². The van der Waals surface area contributed by atoms with Gasteiger partial charge >= 0.3 is 0 Å². The standard InChI is InChI=1S/C18H20BrN3O3S/c1-4-21-18-22(5-2)17(23)16(26-18)10-12-9-14(24-6-3)15(11-13(12)19)25-8-7-20/h9-11H,4-6,8H2,1-3H3/b16-10-,21-18?. The Labute approximate surface area is 166 Å². The Morgan fingerprint density at radius 2 is 2.04 bits per heavy atom. The predicted molar refractivity (Wildman–Crippen MR) is 107 cm³/mol. The van der Waals surface area contributed by atoms with Crippen LogP contribution in [0, 0.1) is 11.3 Å². The number of amides is 1. The number of amidine groups is 1. The largest absolute Gasteiger partial charge is 0.490 e. The summed E-state index contributed by atoms with van der Waals surface area (Å²) in [4.78, 5) is 19.3. The van der Waals surface area contributed by atoms with Gasteiger partial charge in [-0.05, 0) is 56.3 Å². The van der Waals surface area contributed by atoms with E-state index in [1.165, 1.54) is 11.8 Å². The lowest BCUT2D eigenvalue weighted by Gasteiger charge is -2.13. The number of hydrogen-bond donors (Lipinski definition) is 0. The Morgan fingerprint density at radius 1 is 1.31 bits per heavy atom. The molecule has 0 aromatic heterocycles. The summed E-state index contributed by atoms with van der Waals surface area (Å²) < 4.78 is 11.8. The lowest BCUT2D eigenvalue weighted by atomic mass is 10.2. The highest BCUT2D eigenvalue weighted by atomic mass is 79.9. The van der Waals surface area contributed by atoms with Crippen molar-refractivity contribution in [2.75, 3.05) is 26.3 Å². The summed E-state index contributed by atoms with van der Waals surface area (Å²) in [6.07, 6.45) is 1.81. The number of likely N-dealkylation sites (N-methyl/N-ethyl adjacent to an activating group) is 1. The van der Waals surface area contributed by atoms with Crippen LogP contribution in [-0.4, -0.2) is 42.3 Å². The average molecular weight is 438 g/mol. The molecule has 0 aliphatic carbocycles. The lowest BCUT2D eigenvalue weighted by Crippen LogP contribution is -2.28. The minimum atomic E-state index is -0.0659. The Balaban J connectivity index is 2.40. The van der Waals surface area contributed by atoms with E-state index in [1.807, 2.05) is 32.9 Å². The number of rotatable bonds is 7. The fourth-order valence-electron chi connectivity index (χ4n) is 2.33. The van der Waals surface area contributed by atoms with Gasteiger partial charge in [0.05, 0.1) is 11.5 Å². The van der Waals surface area contributed by atoms with E-state index < -0.39 is 0 Å². The van der Waals surface area contributed by atoms with Crippen molar-refractivity contribution in [3.8, 4) is 17.6 Å². The Hall–Kier alpha value is -1.98. The van der Waals surface area contributed by atoms with E-state index in [2.05, 4.69) is 20.9 Å². The van der Waals surface area contributed by atoms with Crippen LogP contribution in [0.3, 0.4) is 0 Å². The molecule has 6 nitrogen and oxygen atoms in total. The molecule has 1 saturated heterocycles. The number of nitrogens with zero attached hydrogens (tertiary/aromatic N) is 3. The van der Waals surface area contributed by atoms with Crippen molar-refractivity contribution in [2.45, 2.75) is 20.8 Å². The summed E-state index contributed by atoms with van der Waals surface area (Å²) in [5, 5.41) is 9.44. The average Bonchev–Trinajstić information content (AvgIpc) is 2.91. The van der Waals surface area contributed by atoms with Crippen LogP contribution in [0.4, 0.5) is 0 Å². The highest BCUT2D eigenvalue weighted by Gasteiger charge is 2.32. The van der Waals surface area contributed by atoms with Gasteiger partial charge in [-0.25, -0.2) is 0 Å².